The minimum absolute atomic E-state index is 0.0666. The maximum Gasteiger partial charge on any atom is 0.282 e. The standard InChI is InChI=1S/C27H30F5N7O3/c1-14-19(38-42-37-14)23(40)36-20(15-4-6-26(29,30)7-5-15)22-34-17-3-2-16(18(28)21(17)35-22)25(8-10-33-11-9-25)24(41)39-12-27(31,32)13-39/h2-3,15,20,33H,4-13H2,1H3,(H,34,35)(H,36,40)/t20-/m0/s1. The van der Waals surface area contributed by atoms with Gasteiger partial charge in [0.15, 0.2) is 11.5 Å². The topological polar surface area (TPSA) is 129 Å². The van der Waals surface area contributed by atoms with E-state index in [1.54, 1.807) is 6.07 Å². The van der Waals surface area contributed by atoms with E-state index in [-0.39, 0.29) is 72.3 Å². The summed E-state index contributed by atoms with van der Waals surface area (Å²) >= 11 is 0. The molecule has 0 radical (unpaired) electrons. The minimum Gasteiger partial charge on any atom is -0.340 e. The molecule has 226 valence electrons. The molecule has 2 amide bonds. The summed E-state index contributed by atoms with van der Waals surface area (Å²) in [6, 6.07) is 2.14. The fourth-order valence-electron chi connectivity index (χ4n) is 6.44. The van der Waals surface area contributed by atoms with Gasteiger partial charge in [-0.3, -0.25) is 9.59 Å². The molecule has 2 aliphatic heterocycles. The van der Waals surface area contributed by atoms with Crippen LogP contribution >= 0.6 is 0 Å². The van der Waals surface area contributed by atoms with Crippen molar-refractivity contribution in [1.82, 2.24) is 35.8 Å². The highest BCUT2D eigenvalue weighted by Gasteiger charge is 2.53. The first-order chi connectivity index (χ1) is 19.9. The number of likely N-dealkylation sites (tertiary alicyclic amines) is 1. The number of carbonyl (C=O) groups is 2. The van der Waals surface area contributed by atoms with E-state index in [1.807, 2.05) is 0 Å². The Morgan fingerprint density at radius 2 is 1.74 bits per heavy atom. The second kappa shape index (κ2) is 10.3. The first-order valence-corrected chi connectivity index (χ1v) is 13.9. The predicted octanol–water partition coefficient (Wildman–Crippen LogP) is 3.79. The largest absolute Gasteiger partial charge is 0.340 e. The van der Waals surface area contributed by atoms with Gasteiger partial charge in [-0.25, -0.2) is 31.6 Å². The number of rotatable bonds is 6. The summed E-state index contributed by atoms with van der Waals surface area (Å²) in [5, 5.41) is 13.1. The molecule has 2 aromatic heterocycles. The Hall–Kier alpha value is -3.62. The highest BCUT2D eigenvalue weighted by Crippen LogP contribution is 2.43. The van der Waals surface area contributed by atoms with Gasteiger partial charge < -0.3 is 20.5 Å². The predicted molar refractivity (Wildman–Crippen MR) is 138 cm³/mol. The summed E-state index contributed by atoms with van der Waals surface area (Å²) in [6.45, 7) is 0.907. The summed E-state index contributed by atoms with van der Waals surface area (Å²) in [5.74, 6) is -8.03. The van der Waals surface area contributed by atoms with Gasteiger partial charge in [0.25, 0.3) is 11.8 Å². The number of nitrogens with zero attached hydrogens (tertiary/aromatic N) is 4. The van der Waals surface area contributed by atoms with Crippen LogP contribution in [0, 0.1) is 18.7 Å². The molecular formula is C27H30F5N7O3. The van der Waals surface area contributed by atoms with Gasteiger partial charge in [-0.15, -0.1) is 0 Å². The van der Waals surface area contributed by atoms with Crippen LogP contribution in [0.5, 0.6) is 0 Å². The van der Waals surface area contributed by atoms with Crippen molar-refractivity contribution >= 4 is 22.8 Å². The van der Waals surface area contributed by atoms with Crippen molar-refractivity contribution in [2.45, 2.75) is 68.8 Å². The summed E-state index contributed by atoms with van der Waals surface area (Å²) in [4.78, 5) is 35.2. The fraction of sp³-hybridized carbons (Fsp3) is 0.593. The molecule has 15 heteroatoms. The van der Waals surface area contributed by atoms with Crippen molar-refractivity contribution in [3.05, 3.63) is 40.7 Å². The highest BCUT2D eigenvalue weighted by molar-refractivity contribution is 5.93. The molecule has 42 heavy (non-hydrogen) atoms. The molecule has 0 spiro atoms. The monoisotopic (exact) mass is 595 g/mol. The van der Waals surface area contributed by atoms with Crippen molar-refractivity contribution < 1.29 is 36.2 Å². The van der Waals surface area contributed by atoms with Crippen LogP contribution in [0.3, 0.4) is 0 Å². The second-order valence-electron chi connectivity index (χ2n) is 11.6. The maximum atomic E-state index is 16.3. The number of hydrogen-bond acceptors (Lipinski definition) is 7. The zero-order valence-electron chi connectivity index (χ0n) is 22.8. The summed E-state index contributed by atoms with van der Waals surface area (Å²) in [7, 11) is 0. The molecule has 0 bridgehead atoms. The number of benzene rings is 1. The zero-order valence-corrected chi connectivity index (χ0v) is 22.8. The number of imidazole rings is 1. The number of piperidine rings is 1. The Kier molecular flexibility index (Phi) is 6.97. The van der Waals surface area contributed by atoms with Gasteiger partial charge in [-0.05, 0) is 62.8 Å². The molecule has 6 rings (SSSR count). The molecule has 4 heterocycles. The van der Waals surface area contributed by atoms with Crippen LogP contribution in [0.15, 0.2) is 16.8 Å². The van der Waals surface area contributed by atoms with E-state index in [0.717, 1.165) is 4.90 Å². The summed E-state index contributed by atoms with van der Waals surface area (Å²) in [5.41, 5.74) is -0.942. The van der Waals surface area contributed by atoms with Crippen LogP contribution in [0.4, 0.5) is 22.0 Å². The number of fused-ring (bicyclic) bond motifs is 1. The van der Waals surface area contributed by atoms with Crippen LogP contribution < -0.4 is 10.6 Å². The van der Waals surface area contributed by atoms with Gasteiger partial charge in [-0.1, -0.05) is 11.2 Å². The molecular weight excluding hydrogens is 565 g/mol. The van der Waals surface area contributed by atoms with E-state index >= 15 is 4.39 Å². The first kappa shape index (κ1) is 28.5. The van der Waals surface area contributed by atoms with Gasteiger partial charge >= 0.3 is 0 Å². The summed E-state index contributed by atoms with van der Waals surface area (Å²) in [6.07, 6.45) is -0.141. The van der Waals surface area contributed by atoms with E-state index < -0.39 is 59.9 Å². The number of aromatic nitrogens is 4. The molecule has 0 unspecified atom stereocenters. The number of hydrogen-bond donors (Lipinski definition) is 3. The molecule has 3 aromatic rings. The van der Waals surface area contributed by atoms with Crippen molar-refractivity contribution in [3.8, 4) is 0 Å². The fourth-order valence-corrected chi connectivity index (χ4v) is 6.44. The van der Waals surface area contributed by atoms with Gasteiger partial charge in [0, 0.05) is 18.4 Å². The molecule has 1 atom stereocenters. The van der Waals surface area contributed by atoms with E-state index in [9.17, 15) is 27.2 Å². The molecule has 2 saturated heterocycles. The smallest absolute Gasteiger partial charge is 0.282 e. The molecule has 10 nitrogen and oxygen atoms in total. The summed E-state index contributed by atoms with van der Waals surface area (Å²) < 4.78 is 76.2. The zero-order chi connectivity index (χ0) is 29.9. The van der Waals surface area contributed by atoms with Crippen molar-refractivity contribution in [2.24, 2.45) is 5.92 Å². The average molecular weight is 596 g/mol. The molecule has 1 aromatic carbocycles. The Balaban J connectivity index is 1.36. The third-order valence-electron chi connectivity index (χ3n) is 8.81. The van der Waals surface area contributed by atoms with Crippen LogP contribution in [0.1, 0.15) is 72.1 Å². The number of carbonyl (C=O) groups excluding carboxylic acids is 2. The van der Waals surface area contributed by atoms with Crippen LogP contribution in [0.2, 0.25) is 0 Å². The number of aryl methyl sites for hydroxylation is 1. The number of halogens is 5. The van der Waals surface area contributed by atoms with Crippen molar-refractivity contribution in [2.75, 3.05) is 26.2 Å². The van der Waals surface area contributed by atoms with Gasteiger partial charge in [0.2, 0.25) is 11.8 Å². The number of amides is 2. The Bertz CT molecular complexity index is 1500. The third-order valence-corrected chi connectivity index (χ3v) is 8.81. The van der Waals surface area contributed by atoms with Crippen molar-refractivity contribution in [3.63, 3.8) is 0 Å². The minimum atomic E-state index is -2.97. The third kappa shape index (κ3) is 5.01. The van der Waals surface area contributed by atoms with Gasteiger partial charge in [0.05, 0.1) is 30.1 Å². The normalized spacial score (nSPS) is 22.5. The Morgan fingerprint density at radius 3 is 2.36 bits per heavy atom. The van der Waals surface area contributed by atoms with Crippen LogP contribution in [0.25, 0.3) is 11.0 Å². The second-order valence-corrected chi connectivity index (χ2v) is 11.6. The Labute approximate surface area is 236 Å². The van der Waals surface area contributed by atoms with Crippen LogP contribution in [-0.4, -0.2) is 75.0 Å². The van der Waals surface area contributed by atoms with Crippen molar-refractivity contribution in [1.29, 1.82) is 0 Å². The van der Waals surface area contributed by atoms with Crippen LogP contribution in [-0.2, 0) is 10.2 Å². The lowest BCUT2D eigenvalue weighted by Gasteiger charge is -2.46. The van der Waals surface area contributed by atoms with E-state index in [1.165, 1.54) is 13.0 Å². The number of alkyl halides is 4. The Morgan fingerprint density at radius 1 is 1.05 bits per heavy atom. The number of aromatic amines is 1. The number of nitrogens with one attached hydrogen (secondary N) is 3. The van der Waals surface area contributed by atoms with Gasteiger partial charge in [-0.2, -0.15) is 0 Å². The average Bonchev–Trinajstić information content (AvgIpc) is 3.57. The van der Waals surface area contributed by atoms with Gasteiger partial charge in [0.1, 0.15) is 17.0 Å². The van der Waals surface area contributed by atoms with E-state index in [2.05, 4.69) is 35.5 Å². The van der Waals surface area contributed by atoms with E-state index in [4.69, 9.17) is 0 Å². The molecule has 3 fully saturated rings. The van der Waals surface area contributed by atoms with E-state index in [0.29, 0.717) is 13.1 Å². The maximum absolute atomic E-state index is 16.3. The SMILES string of the molecule is Cc1nonc1C(=O)N[C@H](c1nc2c(F)c(C3(C(=O)N4CC(F)(F)C4)CCNCC3)ccc2[nH]1)C1CCC(F)(F)CC1. The first-order valence-electron chi connectivity index (χ1n) is 13.9. The molecule has 1 aliphatic carbocycles. The lowest BCUT2D eigenvalue weighted by atomic mass is 9.71. The lowest BCUT2D eigenvalue weighted by molar-refractivity contribution is -0.172. The molecule has 1 saturated carbocycles. The molecule has 3 aliphatic rings. The molecule has 3 N–H and O–H groups in total. The lowest BCUT2D eigenvalue weighted by Crippen LogP contribution is -2.64. The highest BCUT2D eigenvalue weighted by atomic mass is 19.3. The quantitative estimate of drug-likeness (QED) is 0.370. The number of H-pyrrole nitrogens is 1.